The van der Waals surface area contributed by atoms with Crippen LogP contribution in [0.3, 0.4) is 0 Å². The van der Waals surface area contributed by atoms with E-state index in [1.807, 2.05) is 24.3 Å². The van der Waals surface area contributed by atoms with Crippen LogP contribution in [0.2, 0.25) is 0 Å². The lowest BCUT2D eigenvalue weighted by atomic mass is 10.0. The highest BCUT2D eigenvalue weighted by Crippen LogP contribution is 2.23. The van der Waals surface area contributed by atoms with Gasteiger partial charge in [0.25, 0.3) is 0 Å². The van der Waals surface area contributed by atoms with E-state index in [9.17, 15) is 0 Å². The van der Waals surface area contributed by atoms with Crippen LogP contribution in [0.25, 0.3) is 0 Å². The lowest BCUT2D eigenvalue weighted by molar-refractivity contribution is 0.141. The highest BCUT2D eigenvalue weighted by Gasteiger charge is 2.21. The first-order valence-electron chi connectivity index (χ1n) is 5.88. The van der Waals surface area contributed by atoms with Crippen LogP contribution < -0.4 is 10.1 Å². The number of nitrogens with one attached hydrogen (secondary N) is 1. The van der Waals surface area contributed by atoms with E-state index in [0.29, 0.717) is 12.0 Å². The van der Waals surface area contributed by atoms with Gasteiger partial charge in [-0.2, -0.15) is 0 Å². The Hall–Kier alpha value is -0.540. The summed E-state index contributed by atoms with van der Waals surface area (Å²) in [5.41, 5.74) is 0. The molecule has 1 saturated heterocycles. The molecule has 1 aliphatic heterocycles. The van der Waals surface area contributed by atoms with Crippen molar-refractivity contribution in [3.63, 3.8) is 0 Å². The summed E-state index contributed by atoms with van der Waals surface area (Å²) in [5, 5.41) is 3.43. The Morgan fingerprint density at radius 1 is 1.44 bits per heavy atom. The first-order valence-corrected chi connectivity index (χ1v) is 6.68. The Bertz CT molecular complexity index is 342. The molecule has 0 aliphatic carbocycles. The predicted molar refractivity (Wildman–Crippen MR) is 69.8 cm³/mol. The number of hydrogen-bond acceptors (Lipinski definition) is 2. The van der Waals surface area contributed by atoms with E-state index in [4.69, 9.17) is 4.74 Å². The van der Waals surface area contributed by atoms with Gasteiger partial charge < -0.3 is 10.1 Å². The van der Waals surface area contributed by atoms with E-state index in [1.54, 1.807) is 0 Å². The zero-order valence-electron chi connectivity index (χ0n) is 9.58. The van der Waals surface area contributed by atoms with Gasteiger partial charge in [-0.25, -0.2) is 0 Å². The van der Waals surface area contributed by atoms with E-state index >= 15 is 0 Å². The summed E-state index contributed by atoms with van der Waals surface area (Å²) in [4.78, 5) is 0. The van der Waals surface area contributed by atoms with Crippen molar-refractivity contribution in [2.45, 2.75) is 25.9 Å². The van der Waals surface area contributed by atoms with E-state index in [-0.39, 0.29) is 0 Å². The Kier molecular flexibility index (Phi) is 4.24. The summed E-state index contributed by atoms with van der Waals surface area (Å²) in [6.45, 7) is 4.42. The van der Waals surface area contributed by atoms with Crippen LogP contribution in [0.15, 0.2) is 28.7 Å². The summed E-state index contributed by atoms with van der Waals surface area (Å²) in [5.74, 6) is 1.54. The molecular formula is C13H18BrNO. The Morgan fingerprint density at radius 3 is 3.12 bits per heavy atom. The summed E-state index contributed by atoms with van der Waals surface area (Å²) < 4.78 is 7.13. The fraction of sp³-hybridized carbons (Fsp3) is 0.538. The molecule has 2 nitrogen and oxygen atoms in total. The third-order valence-corrected chi connectivity index (χ3v) is 3.52. The number of benzene rings is 1. The highest BCUT2D eigenvalue weighted by atomic mass is 79.9. The zero-order chi connectivity index (χ0) is 11.4. The van der Waals surface area contributed by atoms with Crippen LogP contribution in [0.1, 0.15) is 19.8 Å². The van der Waals surface area contributed by atoms with Gasteiger partial charge in [-0.3, -0.25) is 0 Å². The van der Waals surface area contributed by atoms with Gasteiger partial charge in [0.2, 0.25) is 0 Å². The number of rotatable bonds is 2. The minimum absolute atomic E-state index is 0.337. The SMILES string of the molecule is CC1CNCCCC1Oc1cccc(Br)c1. The van der Waals surface area contributed by atoms with Crippen molar-refractivity contribution in [3.8, 4) is 5.75 Å². The van der Waals surface area contributed by atoms with Crippen molar-refractivity contribution in [3.05, 3.63) is 28.7 Å². The molecular weight excluding hydrogens is 266 g/mol. The molecule has 0 bridgehead atoms. The van der Waals surface area contributed by atoms with Gasteiger partial charge in [0.05, 0.1) is 0 Å². The molecule has 2 atom stereocenters. The number of halogens is 1. The van der Waals surface area contributed by atoms with E-state index in [0.717, 1.165) is 29.7 Å². The third kappa shape index (κ3) is 3.22. The van der Waals surface area contributed by atoms with Crippen LogP contribution in [0.5, 0.6) is 5.75 Å². The zero-order valence-corrected chi connectivity index (χ0v) is 11.2. The van der Waals surface area contributed by atoms with Gasteiger partial charge in [-0.15, -0.1) is 0 Å². The van der Waals surface area contributed by atoms with E-state index in [1.165, 1.54) is 6.42 Å². The van der Waals surface area contributed by atoms with Gasteiger partial charge in [0.15, 0.2) is 0 Å². The monoisotopic (exact) mass is 283 g/mol. The lowest BCUT2D eigenvalue weighted by Crippen LogP contribution is -2.29. The Morgan fingerprint density at radius 2 is 2.31 bits per heavy atom. The third-order valence-electron chi connectivity index (χ3n) is 3.03. The van der Waals surface area contributed by atoms with Crippen molar-refractivity contribution >= 4 is 15.9 Å². The topological polar surface area (TPSA) is 21.3 Å². The largest absolute Gasteiger partial charge is 0.490 e. The molecule has 1 heterocycles. The van der Waals surface area contributed by atoms with Crippen LogP contribution >= 0.6 is 15.9 Å². The normalized spacial score (nSPS) is 26.1. The van der Waals surface area contributed by atoms with Gasteiger partial charge in [-0.05, 0) is 37.6 Å². The highest BCUT2D eigenvalue weighted by molar-refractivity contribution is 9.10. The summed E-state index contributed by atoms with van der Waals surface area (Å²) >= 11 is 3.47. The first kappa shape index (κ1) is 11.9. The molecule has 2 unspecified atom stereocenters. The molecule has 3 heteroatoms. The summed E-state index contributed by atoms with van der Waals surface area (Å²) in [6, 6.07) is 8.09. The Balaban J connectivity index is 2.02. The molecule has 1 fully saturated rings. The molecule has 1 aromatic rings. The Labute approximate surface area is 106 Å². The van der Waals surface area contributed by atoms with Gasteiger partial charge in [0, 0.05) is 16.9 Å². The molecule has 0 spiro atoms. The van der Waals surface area contributed by atoms with Crippen LogP contribution in [0, 0.1) is 5.92 Å². The second-order valence-corrected chi connectivity index (χ2v) is 5.35. The second-order valence-electron chi connectivity index (χ2n) is 4.44. The molecule has 0 radical (unpaired) electrons. The first-order chi connectivity index (χ1) is 7.75. The number of hydrogen-bond donors (Lipinski definition) is 1. The molecule has 1 aromatic carbocycles. The standard InChI is InChI=1S/C13H18BrNO/c1-10-9-15-7-3-6-13(10)16-12-5-2-4-11(14)8-12/h2,4-5,8,10,13,15H,3,6-7,9H2,1H3. The van der Waals surface area contributed by atoms with Crippen LogP contribution in [-0.4, -0.2) is 19.2 Å². The van der Waals surface area contributed by atoms with Crippen molar-refractivity contribution in [2.24, 2.45) is 5.92 Å². The van der Waals surface area contributed by atoms with Crippen LogP contribution in [-0.2, 0) is 0 Å². The van der Waals surface area contributed by atoms with Crippen molar-refractivity contribution in [1.82, 2.24) is 5.32 Å². The molecule has 16 heavy (non-hydrogen) atoms. The predicted octanol–water partition coefficient (Wildman–Crippen LogP) is 3.22. The van der Waals surface area contributed by atoms with Gasteiger partial charge in [-0.1, -0.05) is 28.9 Å². The maximum Gasteiger partial charge on any atom is 0.120 e. The molecule has 1 N–H and O–H groups in total. The van der Waals surface area contributed by atoms with E-state index < -0.39 is 0 Å². The van der Waals surface area contributed by atoms with E-state index in [2.05, 4.69) is 28.2 Å². The molecule has 2 rings (SSSR count). The fourth-order valence-electron chi connectivity index (χ4n) is 2.06. The average molecular weight is 284 g/mol. The minimum Gasteiger partial charge on any atom is -0.490 e. The summed E-state index contributed by atoms with van der Waals surface area (Å²) in [6.07, 6.45) is 2.67. The maximum atomic E-state index is 6.06. The second kappa shape index (κ2) is 5.69. The van der Waals surface area contributed by atoms with Crippen molar-refractivity contribution in [1.29, 1.82) is 0 Å². The molecule has 1 aliphatic rings. The maximum absolute atomic E-state index is 6.06. The molecule has 88 valence electrons. The van der Waals surface area contributed by atoms with Gasteiger partial charge in [0.1, 0.15) is 11.9 Å². The molecule has 0 amide bonds. The van der Waals surface area contributed by atoms with Crippen LogP contribution in [0.4, 0.5) is 0 Å². The average Bonchev–Trinajstić information content (AvgIpc) is 2.45. The number of ether oxygens (including phenoxy) is 1. The molecule has 0 saturated carbocycles. The minimum atomic E-state index is 0.337. The summed E-state index contributed by atoms with van der Waals surface area (Å²) in [7, 11) is 0. The quantitative estimate of drug-likeness (QED) is 0.900. The van der Waals surface area contributed by atoms with Gasteiger partial charge >= 0.3 is 0 Å². The lowest BCUT2D eigenvalue weighted by Gasteiger charge is -2.22. The smallest absolute Gasteiger partial charge is 0.120 e. The van der Waals surface area contributed by atoms with Crippen molar-refractivity contribution < 1.29 is 4.74 Å². The molecule has 0 aromatic heterocycles. The van der Waals surface area contributed by atoms with Crippen molar-refractivity contribution in [2.75, 3.05) is 13.1 Å². The fourth-order valence-corrected chi connectivity index (χ4v) is 2.44.